The van der Waals surface area contributed by atoms with Crippen molar-refractivity contribution in [1.82, 2.24) is 9.78 Å². The van der Waals surface area contributed by atoms with Gasteiger partial charge in [0.05, 0.1) is 18.5 Å². The van der Waals surface area contributed by atoms with E-state index in [-0.39, 0.29) is 17.6 Å². The molecule has 0 unspecified atom stereocenters. The average molecular weight is 461 g/mol. The number of carbonyl (C=O) groups excluding carboxylic acids is 2. The number of benzene rings is 2. The molecular weight excluding hydrogens is 440 g/mol. The number of aryl methyl sites for hydroxylation is 1. The van der Waals surface area contributed by atoms with Gasteiger partial charge in [0, 0.05) is 23.0 Å². The minimum absolute atomic E-state index is 0.221. The predicted molar refractivity (Wildman–Crippen MR) is 128 cm³/mol. The van der Waals surface area contributed by atoms with Crippen LogP contribution in [0.15, 0.2) is 83.5 Å². The number of nitrogens with zero attached hydrogens (tertiary/aromatic N) is 2. The van der Waals surface area contributed by atoms with E-state index >= 15 is 0 Å². The molecule has 4 rings (SSSR count). The minimum atomic E-state index is -0.347. The van der Waals surface area contributed by atoms with Crippen molar-refractivity contribution in [2.45, 2.75) is 13.5 Å². The van der Waals surface area contributed by atoms with E-state index in [0.29, 0.717) is 28.6 Å². The summed E-state index contributed by atoms with van der Waals surface area (Å²) in [6.07, 6.45) is 4.50. The summed E-state index contributed by atoms with van der Waals surface area (Å²) in [7, 11) is 0. The maximum absolute atomic E-state index is 12.4. The maximum Gasteiger partial charge on any atom is 0.291 e. The highest BCUT2D eigenvalue weighted by atomic mass is 35.5. The first-order valence-electron chi connectivity index (χ1n) is 10.2. The average Bonchev–Trinajstić information content (AvgIpc) is 3.44. The van der Waals surface area contributed by atoms with Gasteiger partial charge in [-0.3, -0.25) is 9.59 Å². The lowest BCUT2D eigenvalue weighted by molar-refractivity contribution is -0.111. The third kappa shape index (κ3) is 5.58. The first-order chi connectivity index (χ1) is 16.0. The molecule has 0 aliphatic carbocycles. The first kappa shape index (κ1) is 22.1. The number of rotatable bonds is 7. The number of hydrogen-bond acceptors (Lipinski definition) is 4. The maximum atomic E-state index is 12.4. The second-order valence-corrected chi connectivity index (χ2v) is 7.62. The van der Waals surface area contributed by atoms with Crippen molar-refractivity contribution in [1.29, 1.82) is 0 Å². The number of carbonyl (C=O) groups is 2. The fourth-order valence-electron chi connectivity index (χ4n) is 3.20. The third-order valence-corrected chi connectivity index (χ3v) is 5.24. The van der Waals surface area contributed by atoms with Gasteiger partial charge in [0.1, 0.15) is 5.15 Å². The van der Waals surface area contributed by atoms with Gasteiger partial charge in [0.15, 0.2) is 5.76 Å². The van der Waals surface area contributed by atoms with Crippen LogP contribution in [0.4, 0.5) is 11.4 Å². The van der Waals surface area contributed by atoms with E-state index in [2.05, 4.69) is 15.7 Å². The topological polar surface area (TPSA) is 89.2 Å². The van der Waals surface area contributed by atoms with E-state index in [0.717, 1.165) is 11.3 Å². The molecule has 0 aliphatic rings. The van der Waals surface area contributed by atoms with Gasteiger partial charge >= 0.3 is 0 Å². The van der Waals surface area contributed by atoms with Crippen molar-refractivity contribution < 1.29 is 14.0 Å². The lowest BCUT2D eigenvalue weighted by atomic mass is 10.2. The molecule has 7 nitrogen and oxygen atoms in total. The number of nitrogens with one attached hydrogen (secondary N) is 2. The van der Waals surface area contributed by atoms with Gasteiger partial charge in [-0.1, -0.05) is 41.9 Å². The van der Waals surface area contributed by atoms with Crippen LogP contribution in [0.5, 0.6) is 0 Å². The summed E-state index contributed by atoms with van der Waals surface area (Å²) < 4.78 is 6.77. The van der Waals surface area contributed by atoms with E-state index in [4.69, 9.17) is 16.0 Å². The molecule has 0 saturated carbocycles. The van der Waals surface area contributed by atoms with Crippen molar-refractivity contribution in [2.24, 2.45) is 0 Å². The smallest absolute Gasteiger partial charge is 0.291 e. The molecular formula is C25H21ClN4O3. The fourth-order valence-corrected chi connectivity index (χ4v) is 3.50. The standard InChI is InChI=1S/C25H21ClN4O3/c1-17-21(24(26)30(29-17)16-18-6-3-2-4-7-18)13-14-23(31)27-19-9-11-20(12-10-19)28-25(32)22-8-5-15-33-22/h2-15H,16H2,1H3,(H,27,31)(H,28,32)/b14-13+. The summed E-state index contributed by atoms with van der Waals surface area (Å²) in [4.78, 5) is 24.4. The Balaban J connectivity index is 1.37. The van der Waals surface area contributed by atoms with E-state index in [1.807, 2.05) is 37.3 Å². The number of hydrogen-bond donors (Lipinski definition) is 2. The molecule has 2 amide bonds. The second kappa shape index (κ2) is 10.0. The zero-order valence-electron chi connectivity index (χ0n) is 17.8. The molecule has 2 aromatic heterocycles. The Morgan fingerprint density at radius 2 is 1.70 bits per heavy atom. The summed E-state index contributed by atoms with van der Waals surface area (Å²) in [5, 5.41) is 10.4. The number of furan rings is 1. The summed E-state index contributed by atoms with van der Waals surface area (Å²) in [6, 6.07) is 19.9. The number of halogens is 1. The lowest BCUT2D eigenvalue weighted by Gasteiger charge is -2.06. The Morgan fingerprint density at radius 1 is 1.00 bits per heavy atom. The van der Waals surface area contributed by atoms with E-state index < -0.39 is 0 Å². The number of anilines is 2. The molecule has 166 valence electrons. The molecule has 2 N–H and O–H groups in total. The van der Waals surface area contributed by atoms with Crippen LogP contribution >= 0.6 is 11.6 Å². The largest absolute Gasteiger partial charge is 0.459 e. The molecule has 0 spiro atoms. The number of amides is 2. The van der Waals surface area contributed by atoms with Crippen LogP contribution in [0.1, 0.15) is 27.4 Å². The monoisotopic (exact) mass is 460 g/mol. The summed E-state index contributed by atoms with van der Waals surface area (Å²) in [5.41, 5.74) is 3.68. The fraction of sp³-hybridized carbons (Fsp3) is 0.0800. The van der Waals surface area contributed by atoms with E-state index in [9.17, 15) is 9.59 Å². The van der Waals surface area contributed by atoms with Crippen molar-refractivity contribution >= 4 is 40.9 Å². The van der Waals surface area contributed by atoms with Gasteiger partial charge in [-0.2, -0.15) is 5.10 Å². The molecule has 2 heterocycles. The summed E-state index contributed by atoms with van der Waals surface area (Å²) >= 11 is 6.50. The van der Waals surface area contributed by atoms with Crippen LogP contribution in [-0.2, 0) is 11.3 Å². The quantitative estimate of drug-likeness (QED) is 0.362. The zero-order valence-corrected chi connectivity index (χ0v) is 18.5. The van der Waals surface area contributed by atoms with Gasteiger partial charge in [0.2, 0.25) is 5.91 Å². The predicted octanol–water partition coefficient (Wildman–Crippen LogP) is 5.39. The third-order valence-electron chi connectivity index (χ3n) is 4.84. The molecule has 2 aromatic carbocycles. The van der Waals surface area contributed by atoms with Crippen LogP contribution in [0.2, 0.25) is 5.15 Å². The van der Waals surface area contributed by atoms with Crippen LogP contribution < -0.4 is 10.6 Å². The molecule has 4 aromatic rings. The SMILES string of the molecule is Cc1nn(Cc2ccccc2)c(Cl)c1/C=C/C(=O)Nc1ccc(NC(=O)c2ccco2)cc1. The molecule has 8 heteroatoms. The van der Waals surface area contributed by atoms with Gasteiger partial charge < -0.3 is 15.1 Å². The van der Waals surface area contributed by atoms with Crippen LogP contribution in [0.3, 0.4) is 0 Å². The Hall–Kier alpha value is -4.10. The van der Waals surface area contributed by atoms with E-state index in [1.165, 1.54) is 12.3 Å². The Bertz CT molecular complexity index is 1280. The summed E-state index contributed by atoms with van der Waals surface area (Å²) in [6.45, 7) is 2.39. The molecule has 33 heavy (non-hydrogen) atoms. The molecule has 0 radical (unpaired) electrons. The van der Waals surface area contributed by atoms with Crippen molar-refractivity contribution in [2.75, 3.05) is 10.6 Å². The molecule has 0 fully saturated rings. The van der Waals surface area contributed by atoms with Crippen molar-refractivity contribution in [3.63, 3.8) is 0 Å². The molecule has 0 saturated heterocycles. The zero-order chi connectivity index (χ0) is 23.2. The number of aromatic nitrogens is 2. The van der Waals surface area contributed by atoms with Crippen LogP contribution in [-0.4, -0.2) is 21.6 Å². The summed E-state index contributed by atoms with van der Waals surface area (Å²) in [5.74, 6) is -0.438. The highest BCUT2D eigenvalue weighted by molar-refractivity contribution is 6.31. The molecule has 0 atom stereocenters. The molecule has 0 aliphatic heterocycles. The van der Waals surface area contributed by atoms with E-state index in [1.54, 1.807) is 47.2 Å². The Morgan fingerprint density at radius 3 is 2.36 bits per heavy atom. The van der Waals surface area contributed by atoms with Gasteiger partial charge in [-0.15, -0.1) is 0 Å². The first-order valence-corrected chi connectivity index (χ1v) is 10.6. The van der Waals surface area contributed by atoms with Crippen molar-refractivity contribution in [3.8, 4) is 0 Å². The van der Waals surface area contributed by atoms with Gasteiger partial charge in [-0.25, -0.2) is 4.68 Å². The second-order valence-electron chi connectivity index (χ2n) is 7.26. The Labute approximate surface area is 195 Å². The normalized spacial score (nSPS) is 11.0. The highest BCUT2D eigenvalue weighted by Gasteiger charge is 2.12. The lowest BCUT2D eigenvalue weighted by Crippen LogP contribution is -2.11. The van der Waals surface area contributed by atoms with Crippen LogP contribution in [0.25, 0.3) is 6.08 Å². The molecule has 0 bridgehead atoms. The van der Waals surface area contributed by atoms with Gasteiger partial charge in [-0.05, 0) is 55.0 Å². The Kier molecular flexibility index (Phi) is 6.71. The van der Waals surface area contributed by atoms with Crippen LogP contribution in [0, 0.1) is 6.92 Å². The minimum Gasteiger partial charge on any atom is -0.459 e. The van der Waals surface area contributed by atoms with Gasteiger partial charge in [0.25, 0.3) is 5.91 Å². The van der Waals surface area contributed by atoms with Crippen molar-refractivity contribution in [3.05, 3.63) is 107 Å². The highest BCUT2D eigenvalue weighted by Crippen LogP contribution is 2.22.